The first-order valence-electron chi connectivity index (χ1n) is 5.47. The molecule has 1 aliphatic heterocycles. The molecule has 1 heterocycles. The van der Waals surface area contributed by atoms with E-state index in [2.05, 4.69) is 5.92 Å². The Morgan fingerprint density at radius 3 is 2.88 bits per heavy atom. The Hall–Kier alpha value is -1.52. The number of hydrogen-bond acceptors (Lipinski definition) is 3. The highest BCUT2D eigenvalue weighted by atomic mass is 16.5. The largest absolute Gasteiger partial charge is 0.378 e. The van der Waals surface area contributed by atoms with E-state index in [0.717, 1.165) is 25.9 Å². The molecule has 0 aliphatic carbocycles. The average Bonchev–Trinajstić information content (AvgIpc) is 2.30. The van der Waals surface area contributed by atoms with E-state index >= 15 is 0 Å². The van der Waals surface area contributed by atoms with E-state index in [-0.39, 0.29) is 25.1 Å². The molecule has 4 heteroatoms. The van der Waals surface area contributed by atoms with Crippen molar-refractivity contribution >= 4 is 5.91 Å². The topological polar surface area (TPSA) is 53.3 Å². The van der Waals surface area contributed by atoms with Crippen molar-refractivity contribution in [2.24, 2.45) is 0 Å². The van der Waals surface area contributed by atoms with Crippen molar-refractivity contribution in [3.63, 3.8) is 0 Å². The summed E-state index contributed by atoms with van der Waals surface area (Å²) < 4.78 is 5.47. The summed E-state index contributed by atoms with van der Waals surface area (Å²) in [6.45, 7) is 0.972. The summed E-state index contributed by atoms with van der Waals surface area (Å²) in [7, 11) is 0. The molecule has 0 bridgehead atoms. The Bertz CT molecular complexity index is 292. The molecule has 1 atom stereocenters. The van der Waals surface area contributed by atoms with Gasteiger partial charge in [-0.15, -0.1) is 6.42 Å². The fourth-order valence-corrected chi connectivity index (χ4v) is 1.72. The number of ether oxygens (including phenoxy) is 1. The fourth-order valence-electron chi connectivity index (χ4n) is 1.72. The van der Waals surface area contributed by atoms with Gasteiger partial charge in [-0.2, -0.15) is 5.26 Å². The lowest BCUT2D eigenvalue weighted by Gasteiger charge is -2.24. The van der Waals surface area contributed by atoms with E-state index in [1.54, 1.807) is 0 Å². The van der Waals surface area contributed by atoms with Gasteiger partial charge in [0.05, 0.1) is 25.1 Å². The van der Waals surface area contributed by atoms with Crippen molar-refractivity contribution in [3.8, 4) is 18.4 Å². The van der Waals surface area contributed by atoms with E-state index in [0.29, 0.717) is 6.42 Å². The van der Waals surface area contributed by atoms with Crippen molar-refractivity contribution in [2.75, 3.05) is 19.7 Å². The monoisotopic (exact) mass is 220 g/mol. The van der Waals surface area contributed by atoms with Gasteiger partial charge in [0.25, 0.3) is 0 Å². The van der Waals surface area contributed by atoms with Gasteiger partial charge in [-0.05, 0) is 19.3 Å². The Labute approximate surface area is 96.2 Å². The Balaban J connectivity index is 2.41. The van der Waals surface area contributed by atoms with Crippen LogP contribution < -0.4 is 0 Å². The van der Waals surface area contributed by atoms with Crippen LogP contribution in [0.2, 0.25) is 0 Å². The zero-order valence-electron chi connectivity index (χ0n) is 9.32. The molecule has 86 valence electrons. The molecule has 0 N–H and O–H groups in total. The van der Waals surface area contributed by atoms with E-state index in [9.17, 15) is 4.79 Å². The molecule has 4 nitrogen and oxygen atoms in total. The standard InChI is InChI=1S/C12H16N2O2/c1-2-7-14(8-6-13)12(15)10-11-5-3-4-9-16-11/h1,11H,3-5,7-10H2. The molecule has 1 fully saturated rings. The van der Waals surface area contributed by atoms with Gasteiger partial charge in [0.2, 0.25) is 5.91 Å². The van der Waals surface area contributed by atoms with Crippen LogP contribution in [-0.2, 0) is 9.53 Å². The van der Waals surface area contributed by atoms with Crippen LogP contribution in [0.1, 0.15) is 25.7 Å². The molecule has 1 rings (SSSR count). The summed E-state index contributed by atoms with van der Waals surface area (Å²) >= 11 is 0. The van der Waals surface area contributed by atoms with Crippen LogP contribution in [0, 0.1) is 23.7 Å². The zero-order chi connectivity index (χ0) is 11.8. The Morgan fingerprint density at radius 1 is 1.50 bits per heavy atom. The van der Waals surface area contributed by atoms with Gasteiger partial charge < -0.3 is 9.64 Å². The maximum Gasteiger partial charge on any atom is 0.226 e. The second-order valence-electron chi connectivity index (χ2n) is 3.80. The van der Waals surface area contributed by atoms with Gasteiger partial charge in [0.15, 0.2) is 0 Å². The van der Waals surface area contributed by atoms with Gasteiger partial charge in [-0.25, -0.2) is 0 Å². The van der Waals surface area contributed by atoms with Crippen LogP contribution in [0.5, 0.6) is 0 Å². The second kappa shape index (κ2) is 6.87. The summed E-state index contributed by atoms with van der Waals surface area (Å²) in [4.78, 5) is 13.2. The van der Waals surface area contributed by atoms with Crippen LogP contribution in [-0.4, -0.2) is 36.6 Å². The van der Waals surface area contributed by atoms with Crippen LogP contribution >= 0.6 is 0 Å². The van der Waals surface area contributed by atoms with Crippen molar-refractivity contribution in [2.45, 2.75) is 31.8 Å². The van der Waals surface area contributed by atoms with Crippen LogP contribution in [0.15, 0.2) is 0 Å². The lowest BCUT2D eigenvalue weighted by atomic mass is 10.1. The lowest BCUT2D eigenvalue weighted by molar-refractivity contribution is -0.133. The number of nitriles is 1. The Morgan fingerprint density at radius 2 is 2.31 bits per heavy atom. The minimum Gasteiger partial charge on any atom is -0.378 e. The molecule has 1 saturated heterocycles. The first kappa shape index (κ1) is 12.5. The number of hydrogen-bond donors (Lipinski definition) is 0. The second-order valence-corrected chi connectivity index (χ2v) is 3.80. The lowest BCUT2D eigenvalue weighted by Crippen LogP contribution is -2.35. The van der Waals surface area contributed by atoms with Crippen molar-refractivity contribution in [1.82, 2.24) is 4.90 Å². The van der Waals surface area contributed by atoms with Gasteiger partial charge >= 0.3 is 0 Å². The molecule has 0 aromatic heterocycles. The summed E-state index contributed by atoms with van der Waals surface area (Å²) in [5.74, 6) is 2.29. The molecule has 0 aromatic rings. The minimum atomic E-state index is -0.0913. The molecule has 0 spiro atoms. The fraction of sp³-hybridized carbons (Fsp3) is 0.667. The third kappa shape index (κ3) is 3.92. The summed E-state index contributed by atoms with van der Waals surface area (Å²) in [5.41, 5.74) is 0. The molecular weight excluding hydrogens is 204 g/mol. The maximum atomic E-state index is 11.8. The summed E-state index contributed by atoms with van der Waals surface area (Å²) in [6.07, 6.45) is 8.57. The van der Waals surface area contributed by atoms with Gasteiger partial charge in [-0.1, -0.05) is 5.92 Å². The normalized spacial score (nSPS) is 19.5. The minimum absolute atomic E-state index is 0.000201. The van der Waals surface area contributed by atoms with Crippen molar-refractivity contribution < 1.29 is 9.53 Å². The first-order valence-corrected chi connectivity index (χ1v) is 5.47. The third-order valence-corrected chi connectivity index (χ3v) is 2.57. The van der Waals surface area contributed by atoms with Crippen molar-refractivity contribution in [1.29, 1.82) is 5.26 Å². The van der Waals surface area contributed by atoms with Crippen LogP contribution in [0.3, 0.4) is 0 Å². The smallest absolute Gasteiger partial charge is 0.226 e. The molecule has 16 heavy (non-hydrogen) atoms. The number of carbonyl (C=O) groups excluding carboxylic acids is 1. The molecule has 1 amide bonds. The van der Waals surface area contributed by atoms with Gasteiger partial charge in [-0.3, -0.25) is 4.79 Å². The quantitative estimate of drug-likeness (QED) is 0.523. The predicted octanol–water partition coefficient (Wildman–Crippen LogP) is 0.931. The van der Waals surface area contributed by atoms with E-state index in [4.69, 9.17) is 16.4 Å². The van der Waals surface area contributed by atoms with E-state index in [1.165, 1.54) is 4.90 Å². The third-order valence-electron chi connectivity index (χ3n) is 2.57. The Kier molecular flexibility index (Phi) is 5.39. The number of terminal acetylenes is 1. The van der Waals surface area contributed by atoms with Crippen molar-refractivity contribution in [3.05, 3.63) is 0 Å². The molecule has 1 aliphatic rings. The highest BCUT2D eigenvalue weighted by Gasteiger charge is 2.20. The molecule has 0 radical (unpaired) electrons. The van der Waals surface area contributed by atoms with Gasteiger partial charge in [0, 0.05) is 6.61 Å². The highest BCUT2D eigenvalue weighted by molar-refractivity contribution is 5.77. The van der Waals surface area contributed by atoms with Gasteiger partial charge in [0.1, 0.15) is 6.54 Å². The molecule has 0 aromatic carbocycles. The van der Waals surface area contributed by atoms with E-state index < -0.39 is 0 Å². The van der Waals surface area contributed by atoms with Crippen LogP contribution in [0.25, 0.3) is 0 Å². The maximum absolute atomic E-state index is 11.8. The summed E-state index contributed by atoms with van der Waals surface area (Å²) in [6, 6.07) is 1.94. The number of rotatable bonds is 4. The number of nitrogens with zero attached hydrogens (tertiary/aromatic N) is 2. The highest BCUT2D eigenvalue weighted by Crippen LogP contribution is 2.16. The molecule has 0 saturated carbocycles. The zero-order valence-corrected chi connectivity index (χ0v) is 9.32. The molecular formula is C12H16N2O2. The number of amides is 1. The van der Waals surface area contributed by atoms with E-state index in [1.807, 2.05) is 6.07 Å². The first-order chi connectivity index (χ1) is 7.77. The average molecular weight is 220 g/mol. The summed E-state index contributed by atoms with van der Waals surface area (Å²) in [5, 5.41) is 8.57. The molecule has 1 unspecified atom stereocenters. The van der Waals surface area contributed by atoms with Crippen LogP contribution in [0.4, 0.5) is 0 Å². The SMILES string of the molecule is C#CCN(CC#N)C(=O)CC1CCCCO1. The predicted molar refractivity (Wildman–Crippen MR) is 59.2 cm³/mol. The number of carbonyl (C=O) groups is 1.